The van der Waals surface area contributed by atoms with Crippen molar-refractivity contribution in [2.75, 3.05) is 13.1 Å². The highest BCUT2D eigenvalue weighted by atomic mass is 16.1. The van der Waals surface area contributed by atoms with Crippen LogP contribution in [0.2, 0.25) is 0 Å². The number of fused-ring (bicyclic) bond motifs is 1. The number of likely N-dealkylation sites (tertiary alicyclic amines) is 1. The Morgan fingerprint density at radius 2 is 2.18 bits per heavy atom. The molecule has 0 saturated carbocycles. The molecule has 116 valence electrons. The highest BCUT2D eigenvalue weighted by Crippen LogP contribution is 2.22. The molecule has 0 unspecified atom stereocenters. The molecule has 1 fully saturated rings. The first-order valence-electron chi connectivity index (χ1n) is 8.07. The van der Waals surface area contributed by atoms with Crippen molar-refractivity contribution in [1.29, 1.82) is 0 Å². The summed E-state index contributed by atoms with van der Waals surface area (Å²) in [6.45, 7) is 4.87. The first-order chi connectivity index (χ1) is 10.8. The van der Waals surface area contributed by atoms with Crippen LogP contribution in [0, 0.1) is 5.92 Å². The SMILES string of the molecule is O=c1cccnn1CC1CN(Cc2cnc3n2CCCC3)C1. The maximum Gasteiger partial charge on any atom is 0.266 e. The zero-order valence-electron chi connectivity index (χ0n) is 12.7. The van der Waals surface area contributed by atoms with Gasteiger partial charge in [0.15, 0.2) is 0 Å². The second-order valence-electron chi connectivity index (χ2n) is 6.38. The van der Waals surface area contributed by atoms with Crippen molar-refractivity contribution >= 4 is 0 Å². The summed E-state index contributed by atoms with van der Waals surface area (Å²) in [6.07, 6.45) is 7.36. The Labute approximate surface area is 129 Å². The molecule has 0 N–H and O–H groups in total. The van der Waals surface area contributed by atoms with E-state index in [9.17, 15) is 4.79 Å². The summed E-state index contributed by atoms with van der Waals surface area (Å²) in [5, 5.41) is 4.13. The van der Waals surface area contributed by atoms with Crippen molar-refractivity contribution in [2.45, 2.75) is 38.9 Å². The van der Waals surface area contributed by atoms with E-state index in [-0.39, 0.29) is 5.56 Å². The molecule has 0 radical (unpaired) electrons. The van der Waals surface area contributed by atoms with E-state index in [0.29, 0.717) is 5.92 Å². The summed E-state index contributed by atoms with van der Waals surface area (Å²) in [4.78, 5) is 18.6. The monoisotopic (exact) mass is 299 g/mol. The van der Waals surface area contributed by atoms with Gasteiger partial charge in [-0.05, 0) is 18.9 Å². The van der Waals surface area contributed by atoms with Crippen molar-refractivity contribution in [3.8, 4) is 0 Å². The van der Waals surface area contributed by atoms with Crippen LogP contribution in [0.4, 0.5) is 0 Å². The molecule has 1 saturated heterocycles. The maximum atomic E-state index is 11.7. The van der Waals surface area contributed by atoms with E-state index >= 15 is 0 Å². The van der Waals surface area contributed by atoms with Gasteiger partial charge in [0.25, 0.3) is 5.56 Å². The minimum Gasteiger partial charge on any atom is -0.331 e. The molecule has 0 amide bonds. The minimum atomic E-state index is -0.00851. The van der Waals surface area contributed by atoms with E-state index in [1.165, 1.54) is 24.4 Å². The van der Waals surface area contributed by atoms with E-state index in [0.717, 1.165) is 39.1 Å². The minimum absolute atomic E-state index is 0.00851. The molecule has 4 heterocycles. The summed E-state index contributed by atoms with van der Waals surface area (Å²) in [5.74, 6) is 1.77. The lowest BCUT2D eigenvalue weighted by molar-refractivity contribution is 0.0740. The third kappa shape index (κ3) is 2.59. The summed E-state index contributed by atoms with van der Waals surface area (Å²) < 4.78 is 3.96. The largest absolute Gasteiger partial charge is 0.331 e. The molecule has 6 heteroatoms. The Morgan fingerprint density at radius 1 is 1.27 bits per heavy atom. The molecule has 0 spiro atoms. The molecule has 2 aliphatic heterocycles. The topological polar surface area (TPSA) is 56.0 Å². The van der Waals surface area contributed by atoms with Crippen molar-refractivity contribution in [2.24, 2.45) is 5.92 Å². The van der Waals surface area contributed by atoms with Gasteiger partial charge < -0.3 is 4.57 Å². The highest BCUT2D eigenvalue weighted by Gasteiger charge is 2.28. The van der Waals surface area contributed by atoms with Gasteiger partial charge in [-0.25, -0.2) is 9.67 Å². The third-order valence-electron chi connectivity index (χ3n) is 4.69. The van der Waals surface area contributed by atoms with Crippen LogP contribution in [0.3, 0.4) is 0 Å². The molecule has 4 rings (SSSR count). The van der Waals surface area contributed by atoms with Crippen LogP contribution in [0.1, 0.15) is 24.4 Å². The molecule has 0 aliphatic carbocycles. The fourth-order valence-electron chi connectivity index (χ4n) is 3.52. The number of hydrogen-bond donors (Lipinski definition) is 0. The first-order valence-corrected chi connectivity index (χ1v) is 8.07. The van der Waals surface area contributed by atoms with Crippen LogP contribution < -0.4 is 5.56 Å². The fourth-order valence-corrected chi connectivity index (χ4v) is 3.52. The molecule has 0 bridgehead atoms. The number of hydrogen-bond acceptors (Lipinski definition) is 4. The molecule has 6 nitrogen and oxygen atoms in total. The molecule has 0 atom stereocenters. The van der Waals surface area contributed by atoms with Crippen LogP contribution in [0.5, 0.6) is 0 Å². The van der Waals surface area contributed by atoms with E-state index in [1.54, 1.807) is 23.0 Å². The van der Waals surface area contributed by atoms with Crippen molar-refractivity contribution < 1.29 is 0 Å². The fraction of sp³-hybridized carbons (Fsp3) is 0.562. The lowest BCUT2D eigenvalue weighted by Crippen LogP contribution is -2.49. The van der Waals surface area contributed by atoms with Gasteiger partial charge in [-0.3, -0.25) is 9.69 Å². The number of rotatable bonds is 4. The quantitative estimate of drug-likeness (QED) is 0.842. The average Bonchev–Trinajstić information content (AvgIpc) is 2.90. The second kappa shape index (κ2) is 5.68. The molecule has 2 aromatic heterocycles. The summed E-state index contributed by atoms with van der Waals surface area (Å²) in [7, 11) is 0. The third-order valence-corrected chi connectivity index (χ3v) is 4.69. The van der Waals surface area contributed by atoms with Gasteiger partial charge in [0, 0.05) is 57.0 Å². The summed E-state index contributed by atoms with van der Waals surface area (Å²) in [6, 6.07) is 3.26. The molecule has 22 heavy (non-hydrogen) atoms. The van der Waals surface area contributed by atoms with Gasteiger partial charge >= 0.3 is 0 Å². The van der Waals surface area contributed by atoms with E-state index in [4.69, 9.17) is 0 Å². The molecule has 2 aliphatic rings. The zero-order chi connectivity index (χ0) is 14.9. The molecule has 2 aromatic rings. The van der Waals surface area contributed by atoms with E-state index < -0.39 is 0 Å². The first kappa shape index (κ1) is 13.7. The number of nitrogens with zero attached hydrogens (tertiary/aromatic N) is 5. The van der Waals surface area contributed by atoms with E-state index in [2.05, 4.69) is 19.5 Å². The Balaban J connectivity index is 1.33. The van der Waals surface area contributed by atoms with Gasteiger partial charge in [0.2, 0.25) is 0 Å². The van der Waals surface area contributed by atoms with Gasteiger partial charge in [0.1, 0.15) is 5.82 Å². The molecular weight excluding hydrogens is 278 g/mol. The smallest absolute Gasteiger partial charge is 0.266 e. The van der Waals surface area contributed by atoms with Crippen molar-refractivity contribution in [3.63, 3.8) is 0 Å². The van der Waals surface area contributed by atoms with E-state index in [1.807, 2.05) is 6.20 Å². The van der Waals surface area contributed by atoms with Gasteiger partial charge in [-0.2, -0.15) is 5.10 Å². The number of aromatic nitrogens is 4. The Bertz CT molecular complexity index is 713. The maximum absolute atomic E-state index is 11.7. The normalized spacial score (nSPS) is 18.9. The Hall–Kier alpha value is -1.95. The van der Waals surface area contributed by atoms with Gasteiger partial charge in [-0.1, -0.05) is 0 Å². The predicted molar refractivity (Wildman–Crippen MR) is 82.4 cm³/mol. The summed E-state index contributed by atoms with van der Waals surface area (Å²) >= 11 is 0. The Morgan fingerprint density at radius 3 is 3.05 bits per heavy atom. The molecular formula is C16H21N5O. The Kier molecular flexibility index (Phi) is 3.54. The number of imidazole rings is 1. The molecule has 0 aromatic carbocycles. The van der Waals surface area contributed by atoms with Crippen LogP contribution in [-0.4, -0.2) is 37.3 Å². The van der Waals surface area contributed by atoms with Crippen LogP contribution in [0.25, 0.3) is 0 Å². The predicted octanol–water partition coefficient (Wildman–Crippen LogP) is 0.908. The van der Waals surface area contributed by atoms with Crippen molar-refractivity contribution in [3.05, 3.63) is 46.4 Å². The summed E-state index contributed by atoms with van der Waals surface area (Å²) in [5.41, 5.74) is 1.33. The number of aryl methyl sites for hydroxylation is 1. The lowest BCUT2D eigenvalue weighted by Gasteiger charge is -2.39. The standard InChI is InChI=1S/C16H21N5O/c22-16-5-3-6-18-21(16)11-13-9-19(10-13)12-14-8-17-15-4-1-2-7-20(14)15/h3,5-6,8,13H,1-2,4,7,9-12H2. The van der Waals surface area contributed by atoms with Crippen LogP contribution in [0.15, 0.2) is 29.3 Å². The highest BCUT2D eigenvalue weighted by molar-refractivity contribution is 5.08. The average molecular weight is 299 g/mol. The van der Waals surface area contributed by atoms with Gasteiger partial charge in [-0.15, -0.1) is 0 Å². The van der Waals surface area contributed by atoms with Crippen LogP contribution >= 0.6 is 0 Å². The zero-order valence-corrected chi connectivity index (χ0v) is 12.7. The van der Waals surface area contributed by atoms with Crippen molar-refractivity contribution in [1.82, 2.24) is 24.2 Å². The van der Waals surface area contributed by atoms with Crippen LogP contribution in [-0.2, 0) is 26.1 Å². The van der Waals surface area contributed by atoms with Gasteiger partial charge in [0.05, 0.1) is 12.2 Å². The lowest BCUT2D eigenvalue weighted by atomic mass is 10.00. The second-order valence-corrected chi connectivity index (χ2v) is 6.38.